The van der Waals surface area contributed by atoms with E-state index in [4.69, 9.17) is 21.0 Å². The second-order valence-electron chi connectivity index (χ2n) is 4.52. The zero-order valence-corrected chi connectivity index (χ0v) is 11.2. The molecule has 0 heterocycles. The van der Waals surface area contributed by atoms with Crippen LogP contribution >= 0.6 is 0 Å². The Labute approximate surface area is 118 Å². The molecule has 2 rings (SSSR count). The molecule has 0 aromatic heterocycles. The first kappa shape index (κ1) is 14.1. The lowest BCUT2D eigenvalue weighted by atomic mass is 10.1. The predicted octanol–water partition coefficient (Wildman–Crippen LogP) is 2.08. The lowest BCUT2D eigenvalue weighted by molar-refractivity contribution is 0.298. The normalized spacial score (nSPS) is 10.2. The number of nitrogen functional groups attached to an aromatic ring is 1. The number of nitrogens with one attached hydrogen (secondary N) is 1. The number of aliphatic hydroxyl groups is 1. The Morgan fingerprint density at radius 2 is 1.85 bits per heavy atom. The third kappa shape index (κ3) is 3.83. The van der Waals surface area contributed by atoms with Gasteiger partial charge in [-0.25, -0.2) is 0 Å². The highest BCUT2D eigenvalue weighted by atomic mass is 16.5. The van der Waals surface area contributed by atoms with E-state index < -0.39 is 0 Å². The van der Waals surface area contributed by atoms with Gasteiger partial charge in [-0.05, 0) is 35.7 Å². The van der Waals surface area contributed by atoms with Crippen LogP contribution in [-0.4, -0.2) is 17.5 Å². The Kier molecular flexibility index (Phi) is 4.74. The van der Waals surface area contributed by atoms with Crippen molar-refractivity contribution in [2.24, 2.45) is 5.73 Å². The summed E-state index contributed by atoms with van der Waals surface area (Å²) < 4.78 is 5.69. The molecule has 0 bridgehead atoms. The van der Waals surface area contributed by atoms with Gasteiger partial charge in [0.05, 0.1) is 0 Å². The van der Waals surface area contributed by atoms with Crippen molar-refractivity contribution < 1.29 is 9.84 Å². The lowest BCUT2D eigenvalue weighted by Crippen LogP contribution is -2.11. The first-order valence-electron chi connectivity index (χ1n) is 6.45. The van der Waals surface area contributed by atoms with Crippen LogP contribution in [0.2, 0.25) is 0 Å². The highest BCUT2D eigenvalue weighted by Gasteiger charge is 2.00. The first-order valence-corrected chi connectivity index (χ1v) is 6.45. The number of hydrogen-bond acceptors (Lipinski definition) is 3. The number of ether oxygens (including phenoxy) is 1. The van der Waals surface area contributed by atoms with Gasteiger partial charge in [-0.15, -0.1) is 0 Å². The topological polar surface area (TPSA) is 79.3 Å². The molecular weight excluding hydrogens is 252 g/mol. The van der Waals surface area contributed by atoms with E-state index in [1.54, 1.807) is 6.07 Å². The summed E-state index contributed by atoms with van der Waals surface area (Å²) in [5.41, 5.74) is 8.21. The fraction of sp³-hybridized carbons (Fsp3) is 0.188. The number of hydrogen-bond donors (Lipinski definition) is 3. The van der Waals surface area contributed by atoms with Crippen LogP contribution in [0.15, 0.2) is 48.5 Å². The summed E-state index contributed by atoms with van der Waals surface area (Å²) in [5.74, 6) is 0.833. The minimum atomic E-state index is 0.0557. The Hall–Kier alpha value is -2.33. The molecule has 0 unspecified atom stereocenters. The molecule has 4 heteroatoms. The van der Waals surface area contributed by atoms with Gasteiger partial charge < -0.3 is 15.6 Å². The van der Waals surface area contributed by atoms with Crippen molar-refractivity contribution >= 4 is 5.84 Å². The Morgan fingerprint density at radius 1 is 1.10 bits per heavy atom. The van der Waals surface area contributed by atoms with Crippen molar-refractivity contribution in [1.29, 1.82) is 5.41 Å². The van der Waals surface area contributed by atoms with E-state index in [0.29, 0.717) is 18.6 Å². The molecule has 0 amide bonds. The van der Waals surface area contributed by atoms with Gasteiger partial charge in [0.1, 0.15) is 18.2 Å². The molecule has 4 N–H and O–H groups in total. The standard InChI is InChI=1S/C16H18N2O2/c17-16(18)14-3-1-2-13(10-14)11-20-15-6-4-12(5-7-15)8-9-19/h1-7,10,19H,8-9,11H2,(H3,17,18). The molecule has 0 radical (unpaired) electrons. The highest BCUT2D eigenvalue weighted by molar-refractivity contribution is 5.95. The maximum Gasteiger partial charge on any atom is 0.122 e. The zero-order chi connectivity index (χ0) is 14.4. The summed E-state index contributed by atoms with van der Waals surface area (Å²) in [7, 11) is 0. The number of aliphatic hydroxyl groups excluding tert-OH is 1. The van der Waals surface area contributed by atoms with Gasteiger partial charge in [-0.1, -0.05) is 30.3 Å². The average Bonchev–Trinajstić information content (AvgIpc) is 2.47. The van der Waals surface area contributed by atoms with Crippen LogP contribution in [0.5, 0.6) is 5.75 Å². The predicted molar refractivity (Wildman–Crippen MR) is 79.0 cm³/mol. The molecule has 0 spiro atoms. The number of amidine groups is 1. The molecule has 104 valence electrons. The fourth-order valence-electron chi connectivity index (χ4n) is 1.88. The summed E-state index contributed by atoms with van der Waals surface area (Å²) in [4.78, 5) is 0. The van der Waals surface area contributed by atoms with Gasteiger partial charge in [0, 0.05) is 12.2 Å². The van der Waals surface area contributed by atoms with Gasteiger partial charge in [-0.3, -0.25) is 5.41 Å². The second-order valence-corrected chi connectivity index (χ2v) is 4.52. The first-order chi connectivity index (χ1) is 9.69. The molecule has 0 fully saturated rings. The smallest absolute Gasteiger partial charge is 0.122 e. The Bertz CT molecular complexity index is 579. The monoisotopic (exact) mass is 270 g/mol. The van der Waals surface area contributed by atoms with Crippen molar-refractivity contribution in [2.45, 2.75) is 13.0 Å². The Balaban J connectivity index is 1.97. The zero-order valence-electron chi connectivity index (χ0n) is 11.2. The Morgan fingerprint density at radius 3 is 2.50 bits per heavy atom. The van der Waals surface area contributed by atoms with Gasteiger partial charge in [0.2, 0.25) is 0 Å². The summed E-state index contributed by atoms with van der Waals surface area (Å²) in [6.45, 7) is 0.582. The molecule has 2 aromatic rings. The summed E-state index contributed by atoms with van der Waals surface area (Å²) in [6.07, 6.45) is 0.654. The van der Waals surface area contributed by atoms with Gasteiger partial charge >= 0.3 is 0 Å². The van der Waals surface area contributed by atoms with Crippen LogP contribution in [-0.2, 0) is 13.0 Å². The van der Waals surface area contributed by atoms with E-state index in [1.165, 1.54) is 0 Å². The summed E-state index contributed by atoms with van der Waals surface area (Å²) >= 11 is 0. The van der Waals surface area contributed by atoms with Crippen molar-refractivity contribution in [3.63, 3.8) is 0 Å². The molecule has 0 aliphatic rings. The third-order valence-corrected chi connectivity index (χ3v) is 2.97. The number of rotatable bonds is 6. The third-order valence-electron chi connectivity index (χ3n) is 2.97. The van der Waals surface area contributed by atoms with Crippen molar-refractivity contribution in [2.75, 3.05) is 6.61 Å². The van der Waals surface area contributed by atoms with Crippen LogP contribution in [0.25, 0.3) is 0 Å². The molecule has 0 saturated carbocycles. The van der Waals surface area contributed by atoms with Crippen molar-refractivity contribution in [3.05, 3.63) is 65.2 Å². The van der Waals surface area contributed by atoms with Crippen LogP contribution in [0.4, 0.5) is 0 Å². The van der Waals surface area contributed by atoms with E-state index in [2.05, 4.69) is 0 Å². The summed E-state index contributed by atoms with van der Waals surface area (Å²) in [5, 5.41) is 16.3. The molecule has 0 atom stereocenters. The second kappa shape index (κ2) is 6.73. The SMILES string of the molecule is N=C(N)c1cccc(COc2ccc(CCO)cc2)c1. The van der Waals surface area contributed by atoms with Crippen LogP contribution < -0.4 is 10.5 Å². The van der Waals surface area contributed by atoms with E-state index in [1.807, 2.05) is 42.5 Å². The van der Waals surface area contributed by atoms with E-state index in [9.17, 15) is 0 Å². The van der Waals surface area contributed by atoms with E-state index in [-0.39, 0.29) is 12.4 Å². The van der Waals surface area contributed by atoms with Gasteiger partial charge in [0.25, 0.3) is 0 Å². The summed E-state index contributed by atoms with van der Waals surface area (Å²) in [6, 6.07) is 15.1. The molecule has 20 heavy (non-hydrogen) atoms. The van der Waals surface area contributed by atoms with Crippen molar-refractivity contribution in [1.82, 2.24) is 0 Å². The largest absolute Gasteiger partial charge is 0.489 e. The lowest BCUT2D eigenvalue weighted by Gasteiger charge is -2.08. The van der Waals surface area contributed by atoms with Crippen LogP contribution in [0, 0.1) is 5.41 Å². The molecule has 0 saturated heterocycles. The number of benzene rings is 2. The molecule has 0 aliphatic heterocycles. The molecule has 0 aliphatic carbocycles. The molecule has 2 aromatic carbocycles. The maximum absolute atomic E-state index is 8.85. The van der Waals surface area contributed by atoms with Crippen LogP contribution in [0.3, 0.4) is 0 Å². The highest BCUT2D eigenvalue weighted by Crippen LogP contribution is 2.15. The number of nitrogens with two attached hydrogens (primary N) is 1. The maximum atomic E-state index is 8.85. The van der Waals surface area contributed by atoms with Gasteiger partial charge in [-0.2, -0.15) is 0 Å². The average molecular weight is 270 g/mol. The molecular formula is C16H18N2O2. The quantitative estimate of drug-likeness (QED) is 0.555. The van der Waals surface area contributed by atoms with Crippen molar-refractivity contribution in [3.8, 4) is 5.75 Å². The minimum Gasteiger partial charge on any atom is -0.489 e. The minimum absolute atomic E-state index is 0.0557. The molecule has 4 nitrogen and oxygen atoms in total. The van der Waals surface area contributed by atoms with Gasteiger partial charge in [0.15, 0.2) is 0 Å². The fourth-order valence-corrected chi connectivity index (χ4v) is 1.88. The van der Waals surface area contributed by atoms with E-state index >= 15 is 0 Å². The van der Waals surface area contributed by atoms with E-state index in [0.717, 1.165) is 16.9 Å². The van der Waals surface area contributed by atoms with Crippen LogP contribution in [0.1, 0.15) is 16.7 Å².